The van der Waals surface area contributed by atoms with Gasteiger partial charge in [0, 0.05) is 37.4 Å². The number of hydrogen-bond donors (Lipinski definition) is 1. The van der Waals surface area contributed by atoms with Gasteiger partial charge in [0.1, 0.15) is 17.9 Å². The summed E-state index contributed by atoms with van der Waals surface area (Å²) in [4.78, 5) is 19.6. The van der Waals surface area contributed by atoms with Gasteiger partial charge in [0.2, 0.25) is 5.95 Å². The molecule has 0 aliphatic carbocycles. The molecule has 0 atom stereocenters. The van der Waals surface area contributed by atoms with Crippen LogP contribution < -0.4 is 4.90 Å². The molecule has 1 aliphatic rings. The van der Waals surface area contributed by atoms with Crippen molar-refractivity contribution in [3.8, 4) is 0 Å². The predicted molar refractivity (Wildman–Crippen MR) is 110 cm³/mol. The lowest BCUT2D eigenvalue weighted by molar-refractivity contribution is -0.179. The van der Waals surface area contributed by atoms with Crippen LogP contribution >= 0.6 is 0 Å². The molecule has 1 N–H and O–H groups in total. The van der Waals surface area contributed by atoms with Gasteiger partial charge < -0.3 is 14.6 Å². The number of aliphatic hydroxyl groups excluding tert-OH is 1. The largest absolute Gasteiger partial charge is 0.391 e. The van der Waals surface area contributed by atoms with Gasteiger partial charge >= 0.3 is 6.18 Å². The first-order valence-corrected chi connectivity index (χ1v) is 10.4. The summed E-state index contributed by atoms with van der Waals surface area (Å²) in [5.74, 6) is -0.206. The summed E-state index contributed by atoms with van der Waals surface area (Å²) in [5.41, 5.74) is 3.15. The van der Waals surface area contributed by atoms with Crippen LogP contribution in [0.5, 0.6) is 0 Å². The zero-order chi connectivity index (χ0) is 22.2. The number of imidazole rings is 1. The van der Waals surface area contributed by atoms with Crippen molar-refractivity contribution >= 4 is 17.0 Å². The fraction of sp³-hybridized carbons (Fsp3) is 0.524. The average molecular weight is 434 g/mol. The Labute approximate surface area is 178 Å². The van der Waals surface area contributed by atoms with Gasteiger partial charge in [-0.25, -0.2) is 15.0 Å². The van der Waals surface area contributed by atoms with Gasteiger partial charge in [-0.15, -0.1) is 0 Å². The molecule has 0 spiro atoms. The van der Waals surface area contributed by atoms with Gasteiger partial charge in [-0.1, -0.05) is 0 Å². The minimum atomic E-state index is -4.14. The zero-order valence-electron chi connectivity index (χ0n) is 17.5. The zero-order valence-corrected chi connectivity index (χ0v) is 17.5. The summed E-state index contributed by atoms with van der Waals surface area (Å²) < 4.78 is 40.7. The lowest BCUT2D eigenvalue weighted by atomic mass is 9.96. The molecule has 0 unspecified atom stereocenters. The normalized spacial score (nSPS) is 15.9. The van der Waals surface area contributed by atoms with E-state index >= 15 is 0 Å². The molecule has 0 aromatic carbocycles. The molecule has 0 saturated carbocycles. The number of piperidine rings is 1. The van der Waals surface area contributed by atoms with Gasteiger partial charge in [0.25, 0.3) is 0 Å². The second-order valence-electron chi connectivity index (χ2n) is 8.14. The minimum absolute atomic E-state index is 0.0572. The molecule has 0 radical (unpaired) electrons. The van der Waals surface area contributed by atoms with E-state index in [0.717, 1.165) is 22.4 Å². The van der Waals surface area contributed by atoms with E-state index in [2.05, 4.69) is 19.9 Å². The molecule has 0 bridgehead atoms. The smallest absolute Gasteiger partial charge is 0.388 e. The summed E-state index contributed by atoms with van der Waals surface area (Å²) in [6, 6.07) is 3.86. The Hall–Kier alpha value is -2.75. The maximum Gasteiger partial charge on any atom is 0.391 e. The standard InChI is InChI=1S/C21H25F3N6O/c1-13(2)30-18-10-16(26-11-17(18)28-19(30)12-31)9-15-3-6-25-20(27-15)29-7-4-14(5-8-29)21(22,23)24/h3,6,10-11,13-14,31H,4-5,7-9,12H2,1-2H3. The Balaban J connectivity index is 1.53. The third-order valence-electron chi connectivity index (χ3n) is 5.67. The number of anilines is 1. The van der Waals surface area contributed by atoms with Crippen LogP contribution in [0.15, 0.2) is 24.5 Å². The summed E-state index contributed by atoms with van der Waals surface area (Å²) in [6.45, 7) is 4.48. The van der Waals surface area contributed by atoms with Crippen molar-refractivity contribution in [2.75, 3.05) is 18.0 Å². The molecule has 1 aliphatic heterocycles. The summed E-state index contributed by atoms with van der Waals surface area (Å²) >= 11 is 0. The lowest BCUT2D eigenvalue weighted by Crippen LogP contribution is -2.39. The van der Waals surface area contributed by atoms with Crippen LogP contribution in [-0.4, -0.2) is 48.9 Å². The summed E-state index contributed by atoms with van der Waals surface area (Å²) in [6.07, 6.45) is -0.246. The highest BCUT2D eigenvalue weighted by molar-refractivity contribution is 5.75. The molecule has 10 heteroatoms. The van der Waals surface area contributed by atoms with Crippen molar-refractivity contribution in [1.29, 1.82) is 0 Å². The van der Waals surface area contributed by atoms with E-state index in [1.54, 1.807) is 18.5 Å². The van der Waals surface area contributed by atoms with E-state index in [4.69, 9.17) is 0 Å². The first-order chi connectivity index (χ1) is 14.8. The fourth-order valence-electron chi connectivity index (χ4n) is 4.10. The Bertz CT molecular complexity index is 1060. The first-order valence-electron chi connectivity index (χ1n) is 10.4. The number of alkyl halides is 3. The first kappa shape index (κ1) is 21.5. The van der Waals surface area contributed by atoms with Crippen molar-refractivity contribution in [3.05, 3.63) is 41.7 Å². The third kappa shape index (κ3) is 4.48. The molecular weight excluding hydrogens is 409 g/mol. The Morgan fingerprint density at radius 1 is 1.13 bits per heavy atom. The topological polar surface area (TPSA) is 80.0 Å². The van der Waals surface area contributed by atoms with E-state index in [0.29, 0.717) is 18.2 Å². The number of aromatic nitrogens is 5. The molecule has 3 aromatic heterocycles. The van der Waals surface area contributed by atoms with Crippen LogP contribution in [0.1, 0.15) is 49.9 Å². The molecule has 7 nitrogen and oxygen atoms in total. The molecular formula is C21H25F3N6O. The molecule has 3 aromatic rings. The van der Waals surface area contributed by atoms with Crippen molar-refractivity contribution in [1.82, 2.24) is 24.5 Å². The van der Waals surface area contributed by atoms with E-state index in [1.807, 2.05) is 29.4 Å². The van der Waals surface area contributed by atoms with E-state index in [9.17, 15) is 18.3 Å². The van der Waals surface area contributed by atoms with Gasteiger partial charge in [0.15, 0.2) is 0 Å². The van der Waals surface area contributed by atoms with Crippen molar-refractivity contribution in [2.24, 2.45) is 5.92 Å². The lowest BCUT2D eigenvalue weighted by Gasteiger charge is -2.32. The average Bonchev–Trinajstić information content (AvgIpc) is 3.11. The van der Waals surface area contributed by atoms with Crippen LogP contribution in [0.3, 0.4) is 0 Å². The Morgan fingerprint density at radius 2 is 1.87 bits per heavy atom. The molecule has 31 heavy (non-hydrogen) atoms. The highest BCUT2D eigenvalue weighted by Crippen LogP contribution is 2.34. The number of fused-ring (bicyclic) bond motifs is 1. The number of nitrogens with zero attached hydrogens (tertiary/aromatic N) is 6. The second kappa shape index (κ2) is 8.41. The molecule has 1 fully saturated rings. The number of rotatable bonds is 5. The highest BCUT2D eigenvalue weighted by Gasteiger charge is 2.41. The van der Waals surface area contributed by atoms with Crippen LogP contribution in [0.4, 0.5) is 19.1 Å². The maximum atomic E-state index is 12.9. The van der Waals surface area contributed by atoms with Crippen LogP contribution in [0, 0.1) is 5.92 Å². The van der Waals surface area contributed by atoms with Gasteiger partial charge in [-0.05, 0) is 38.8 Å². The Kier molecular flexibility index (Phi) is 5.83. The predicted octanol–water partition coefficient (Wildman–Crippen LogP) is 3.66. The van der Waals surface area contributed by atoms with E-state index in [1.165, 1.54) is 0 Å². The summed E-state index contributed by atoms with van der Waals surface area (Å²) in [7, 11) is 0. The number of aliphatic hydroxyl groups is 1. The number of halogens is 3. The highest BCUT2D eigenvalue weighted by atomic mass is 19.4. The molecule has 0 amide bonds. The Morgan fingerprint density at radius 3 is 2.52 bits per heavy atom. The van der Waals surface area contributed by atoms with Gasteiger partial charge in [-0.2, -0.15) is 13.2 Å². The molecule has 1 saturated heterocycles. The molecule has 4 heterocycles. The van der Waals surface area contributed by atoms with E-state index in [-0.39, 0.29) is 38.6 Å². The van der Waals surface area contributed by atoms with Crippen molar-refractivity contribution in [2.45, 2.75) is 51.9 Å². The molecule has 4 rings (SSSR count). The fourth-order valence-corrected chi connectivity index (χ4v) is 4.10. The SMILES string of the molecule is CC(C)n1c(CO)nc2cnc(Cc3ccnc(N4CCC(C(F)(F)F)CC4)n3)cc21. The van der Waals surface area contributed by atoms with Gasteiger partial charge in [0.05, 0.1) is 23.3 Å². The van der Waals surface area contributed by atoms with Crippen LogP contribution in [0.25, 0.3) is 11.0 Å². The van der Waals surface area contributed by atoms with Crippen molar-refractivity contribution < 1.29 is 18.3 Å². The van der Waals surface area contributed by atoms with Crippen LogP contribution in [0.2, 0.25) is 0 Å². The number of pyridine rings is 1. The van der Waals surface area contributed by atoms with Crippen LogP contribution in [-0.2, 0) is 13.0 Å². The monoisotopic (exact) mass is 434 g/mol. The number of hydrogen-bond acceptors (Lipinski definition) is 6. The van der Waals surface area contributed by atoms with Gasteiger partial charge in [-0.3, -0.25) is 4.98 Å². The third-order valence-corrected chi connectivity index (χ3v) is 5.67. The maximum absolute atomic E-state index is 12.9. The summed E-state index contributed by atoms with van der Waals surface area (Å²) in [5, 5.41) is 9.60. The molecule has 166 valence electrons. The quantitative estimate of drug-likeness (QED) is 0.660. The minimum Gasteiger partial charge on any atom is -0.388 e. The van der Waals surface area contributed by atoms with Crippen molar-refractivity contribution in [3.63, 3.8) is 0 Å². The van der Waals surface area contributed by atoms with E-state index < -0.39 is 12.1 Å². The second-order valence-corrected chi connectivity index (χ2v) is 8.14.